The van der Waals surface area contributed by atoms with Crippen molar-refractivity contribution in [1.29, 1.82) is 0 Å². The standard InChI is InChI=1S/C15H12Cl2N2/c1-9-2-4-10(5-3-9)12-8-13-11(15(17)19-12)6-7-14(16)18-13/h2-8,11,13H,1H3. The second-order valence-electron chi connectivity index (χ2n) is 4.68. The first-order valence-electron chi connectivity index (χ1n) is 6.08. The third-order valence-electron chi connectivity index (χ3n) is 3.26. The van der Waals surface area contributed by atoms with Gasteiger partial charge in [-0.1, -0.05) is 59.1 Å². The smallest absolute Gasteiger partial charge is 0.123 e. The molecule has 0 aromatic heterocycles. The molecule has 3 rings (SSSR count). The number of benzene rings is 1. The molecule has 2 aliphatic rings. The minimum absolute atomic E-state index is 0.0124. The molecule has 2 nitrogen and oxygen atoms in total. The first kappa shape index (κ1) is 12.6. The minimum Gasteiger partial charge on any atom is -0.264 e. The van der Waals surface area contributed by atoms with E-state index in [9.17, 15) is 0 Å². The number of hydrogen-bond donors (Lipinski definition) is 0. The molecule has 1 aromatic carbocycles. The van der Waals surface area contributed by atoms with Crippen LogP contribution < -0.4 is 0 Å². The van der Waals surface area contributed by atoms with Crippen molar-refractivity contribution in [2.45, 2.75) is 13.0 Å². The van der Waals surface area contributed by atoms with Crippen molar-refractivity contribution in [1.82, 2.24) is 0 Å². The summed E-state index contributed by atoms with van der Waals surface area (Å²) in [4.78, 5) is 8.87. The molecule has 0 spiro atoms. The average Bonchev–Trinajstić information content (AvgIpc) is 2.38. The maximum Gasteiger partial charge on any atom is 0.123 e. The lowest BCUT2D eigenvalue weighted by atomic mass is 9.94. The molecular weight excluding hydrogens is 279 g/mol. The zero-order chi connectivity index (χ0) is 13.4. The molecule has 0 bridgehead atoms. The van der Waals surface area contributed by atoms with Crippen LogP contribution in [-0.2, 0) is 0 Å². The van der Waals surface area contributed by atoms with Gasteiger partial charge in [0.15, 0.2) is 0 Å². The number of rotatable bonds is 1. The number of aryl methyl sites for hydroxylation is 1. The lowest BCUT2D eigenvalue weighted by molar-refractivity contribution is 0.721. The van der Waals surface area contributed by atoms with Gasteiger partial charge >= 0.3 is 0 Å². The highest BCUT2D eigenvalue weighted by Crippen LogP contribution is 2.31. The molecule has 0 N–H and O–H groups in total. The molecule has 2 heterocycles. The highest BCUT2D eigenvalue weighted by atomic mass is 35.5. The maximum atomic E-state index is 6.26. The third kappa shape index (κ3) is 2.51. The number of nitrogens with zero attached hydrogens (tertiary/aromatic N) is 2. The van der Waals surface area contributed by atoms with Crippen LogP contribution in [-0.4, -0.2) is 16.4 Å². The summed E-state index contributed by atoms with van der Waals surface area (Å²) >= 11 is 12.2. The van der Waals surface area contributed by atoms with Crippen molar-refractivity contribution in [3.05, 3.63) is 53.6 Å². The fourth-order valence-corrected chi connectivity index (χ4v) is 2.68. The predicted octanol–water partition coefficient (Wildman–Crippen LogP) is 4.18. The number of hydrogen-bond acceptors (Lipinski definition) is 2. The summed E-state index contributed by atoms with van der Waals surface area (Å²) in [5, 5.41) is 1.07. The molecule has 2 aliphatic heterocycles. The fourth-order valence-electron chi connectivity index (χ4n) is 2.20. The van der Waals surface area contributed by atoms with E-state index in [0.717, 1.165) is 11.3 Å². The van der Waals surface area contributed by atoms with E-state index >= 15 is 0 Å². The van der Waals surface area contributed by atoms with Crippen LogP contribution in [0.2, 0.25) is 0 Å². The molecular formula is C15H12Cl2N2. The van der Waals surface area contributed by atoms with Gasteiger partial charge in [0.2, 0.25) is 0 Å². The summed E-state index contributed by atoms with van der Waals surface area (Å²) in [5.41, 5.74) is 3.12. The fraction of sp³-hybridized carbons (Fsp3) is 0.200. The summed E-state index contributed by atoms with van der Waals surface area (Å²) < 4.78 is 0. The minimum atomic E-state index is -0.0567. The lowest BCUT2D eigenvalue weighted by Gasteiger charge is -2.25. The van der Waals surface area contributed by atoms with Crippen LogP contribution in [0.4, 0.5) is 0 Å². The molecule has 0 aliphatic carbocycles. The number of aliphatic imine (C=N–C) groups is 2. The number of dihydropyridines is 1. The Morgan fingerprint density at radius 3 is 2.58 bits per heavy atom. The van der Waals surface area contributed by atoms with E-state index in [1.165, 1.54) is 5.56 Å². The van der Waals surface area contributed by atoms with Crippen LogP contribution in [0.15, 0.2) is 52.5 Å². The zero-order valence-corrected chi connectivity index (χ0v) is 11.9. The summed E-state index contributed by atoms with van der Waals surface area (Å²) in [6.45, 7) is 2.06. The lowest BCUT2D eigenvalue weighted by Crippen LogP contribution is -2.27. The van der Waals surface area contributed by atoms with Crippen LogP contribution in [0.5, 0.6) is 0 Å². The van der Waals surface area contributed by atoms with Gasteiger partial charge in [-0.15, -0.1) is 0 Å². The number of halogens is 2. The molecule has 0 saturated carbocycles. The molecule has 4 heteroatoms. The number of allylic oxidation sites excluding steroid dienone is 1. The van der Waals surface area contributed by atoms with Gasteiger partial charge in [0, 0.05) is 0 Å². The maximum absolute atomic E-state index is 6.26. The summed E-state index contributed by atoms with van der Waals surface area (Å²) in [6, 6.07) is 8.14. The molecule has 0 saturated heterocycles. The molecule has 0 amide bonds. The van der Waals surface area contributed by atoms with Crippen molar-refractivity contribution >= 4 is 39.2 Å². The third-order valence-corrected chi connectivity index (χ3v) is 3.82. The van der Waals surface area contributed by atoms with Crippen molar-refractivity contribution < 1.29 is 0 Å². The van der Waals surface area contributed by atoms with E-state index in [-0.39, 0.29) is 12.0 Å². The van der Waals surface area contributed by atoms with Gasteiger partial charge in [0.25, 0.3) is 0 Å². The first-order chi connectivity index (χ1) is 9.13. The van der Waals surface area contributed by atoms with Crippen LogP contribution in [0.1, 0.15) is 11.1 Å². The van der Waals surface area contributed by atoms with E-state index in [0.29, 0.717) is 10.3 Å². The van der Waals surface area contributed by atoms with E-state index in [2.05, 4.69) is 29.0 Å². The van der Waals surface area contributed by atoms with Gasteiger partial charge in [-0.3, -0.25) is 4.99 Å². The van der Waals surface area contributed by atoms with Crippen molar-refractivity contribution in [3.8, 4) is 0 Å². The Kier molecular flexibility index (Phi) is 3.29. The van der Waals surface area contributed by atoms with Gasteiger partial charge in [0.05, 0.1) is 17.7 Å². The summed E-state index contributed by atoms with van der Waals surface area (Å²) in [7, 11) is 0. The van der Waals surface area contributed by atoms with Crippen molar-refractivity contribution in [2.24, 2.45) is 15.9 Å². The van der Waals surface area contributed by atoms with Crippen LogP contribution >= 0.6 is 23.2 Å². The Morgan fingerprint density at radius 2 is 1.84 bits per heavy atom. The predicted molar refractivity (Wildman–Crippen MR) is 82.2 cm³/mol. The van der Waals surface area contributed by atoms with Crippen LogP contribution in [0, 0.1) is 12.8 Å². The average molecular weight is 291 g/mol. The highest BCUT2D eigenvalue weighted by Gasteiger charge is 2.28. The van der Waals surface area contributed by atoms with E-state index in [4.69, 9.17) is 23.2 Å². The largest absolute Gasteiger partial charge is 0.264 e. The topological polar surface area (TPSA) is 24.7 Å². The van der Waals surface area contributed by atoms with Gasteiger partial charge in [-0.05, 0) is 24.6 Å². The monoisotopic (exact) mass is 290 g/mol. The second-order valence-corrected chi connectivity index (χ2v) is 5.45. The van der Waals surface area contributed by atoms with E-state index < -0.39 is 0 Å². The Balaban J connectivity index is 1.99. The van der Waals surface area contributed by atoms with E-state index in [1.54, 1.807) is 6.08 Å². The first-order valence-corrected chi connectivity index (χ1v) is 6.83. The van der Waals surface area contributed by atoms with Gasteiger partial charge in [0.1, 0.15) is 10.3 Å². The van der Waals surface area contributed by atoms with Gasteiger partial charge < -0.3 is 0 Å². The quantitative estimate of drug-likeness (QED) is 0.741. The molecule has 0 radical (unpaired) electrons. The Hall–Kier alpha value is -1.38. The van der Waals surface area contributed by atoms with Crippen LogP contribution in [0.25, 0.3) is 5.70 Å². The molecule has 2 unspecified atom stereocenters. The Morgan fingerprint density at radius 1 is 1.11 bits per heavy atom. The molecule has 96 valence electrons. The molecule has 19 heavy (non-hydrogen) atoms. The molecule has 1 aromatic rings. The van der Waals surface area contributed by atoms with E-state index in [1.807, 2.05) is 24.3 Å². The second kappa shape index (κ2) is 4.95. The SMILES string of the molecule is Cc1ccc(C2=CC3N=C(Cl)C=CC3C(Cl)=N2)cc1. The number of fused-ring (bicyclic) bond motifs is 1. The van der Waals surface area contributed by atoms with Crippen molar-refractivity contribution in [3.63, 3.8) is 0 Å². The Bertz CT molecular complexity index is 624. The highest BCUT2D eigenvalue weighted by molar-refractivity contribution is 6.69. The molecule has 2 atom stereocenters. The van der Waals surface area contributed by atoms with Crippen molar-refractivity contribution in [2.75, 3.05) is 0 Å². The normalized spacial score (nSPS) is 25.3. The summed E-state index contributed by atoms with van der Waals surface area (Å²) in [6.07, 6.45) is 5.74. The van der Waals surface area contributed by atoms with Gasteiger partial charge in [-0.25, -0.2) is 4.99 Å². The molecule has 0 fully saturated rings. The van der Waals surface area contributed by atoms with Crippen LogP contribution in [0.3, 0.4) is 0 Å². The Labute approximate surface area is 122 Å². The summed E-state index contributed by atoms with van der Waals surface area (Å²) in [5.74, 6) is 0.0124. The van der Waals surface area contributed by atoms with Gasteiger partial charge in [-0.2, -0.15) is 0 Å². The zero-order valence-electron chi connectivity index (χ0n) is 10.3.